The van der Waals surface area contributed by atoms with Crippen LogP contribution >= 0.6 is 0 Å². The molecular weight excluding hydrogens is 310 g/mol. The second-order valence-corrected chi connectivity index (χ2v) is 9.00. The Kier molecular flexibility index (Phi) is 5.82. The standard InChI is InChI=1S/C21H35N3O/c1-16-9-8-10-18(17(16)2)23-11-13-24(14-12-23)21(6,7)19(25)22-15-20(3,4)5/h8-10H,11-15H2,1-7H3,(H,22,25). The summed E-state index contributed by atoms with van der Waals surface area (Å²) in [6.07, 6.45) is 0. The van der Waals surface area contributed by atoms with Crippen molar-refractivity contribution < 1.29 is 4.79 Å². The fraction of sp³-hybridized carbons (Fsp3) is 0.667. The molecule has 1 aromatic rings. The monoisotopic (exact) mass is 345 g/mol. The minimum Gasteiger partial charge on any atom is -0.369 e. The zero-order chi connectivity index (χ0) is 18.8. The highest BCUT2D eigenvalue weighted by atomic mass is 16.2. The van der Waals surface area contributed by atoms with Gasteiger partial charge in [0, 0.05) is 38.4 Å². The lowest BCUT2D eigenvalue weighted by molar-refractivity contribution is -0.132. The molecule has 1 saturated heterocycles. The Morgan fingerprint density at radius 2 is 1.64 bits per heavy atom. The van der Waals surface area contributed by atoms with Gasteiger partial charge in [0.2, 0.25) is 5.91 Å². The summed E-state index contributed by atoms with van der Waals surface area (Å²) in [5.74, 6) is 0.127. The van der Waals surface area contributed by atoms with Crippen LogP contribution in [0.1, 0.15) is 45.7 Å². The molecule has 1 heterocycles. The molecule has 1 aromatic carbocycles. The van der Waals surface area contributed by atoms with E-state index < -0.39 is 5.54 Å². The highest BCUT2D eigenvalue weighted by molar-refractivity contribution is 5.85. The minimum atomic E-state index is -0.473. The molecule has 25 heavy (non-hydrogen) atoms. The van der Waals surface area contributed by atoms with Gasteiger partial charge in [-0.2, -0.15) is 0 Å². The number of nitrogens with zero attached hydrogens (tertiary/aromatic N) is 2. The largest absolute Gasteiger partial charge is 0.369 e. The number of carbonyl (C=O) groups is 1. The second-order valence-electron chi connectivity index (χ2n) is 9.00. The Morgan fingerprint density at radius 3 is 2.20 bits per heavy atom. The molecule has 1 aliphatic heterocycles. The van der Waals surface area contributed by atoms with E-state index in [-0.39, 0.29) is 11.3 Å². The van der Waals surface area contributed by atoms with Gasteiger partial charge in [0.05, 0.1) is 5.54 Å². The molecule has 140 valence electrons. The summed E-state index contributed by atoms with van der Waals surface area (Å²) in [5.41, 5.74) is 3.65. The number of amides is 1. The second kappa shape index (κ2) is 7.36. The van der Waals surface area contributed by atoms with E-state index in [1.165, 1.54) is 16.8 Å². The molecule has 2 rings (SSSR count). The topological polar surface area (TPSA) is 35.6 Å². The van der Waals surface area contributed by atoms with Crippen molar-refractivity contribution in [3.05, 3.63) is 29.3 Å². The smallest absolute Gasteiger partial charge is 0.239 e. The maximum Gasteiger partial charge on any atom is 0.239 e. The van der Waals surface area contributed by atoms with Gasteiger partial charge in [-0.15, -0.1) is 0 Å². The van der Waals surface area contributed by atoms with Gasteiger partial charge in [-0.1, -0.05) is 32.9 Å². The lowest BCUT2D eigenvalue weighted by Crippen LogP contribution is -2.61. The highest BCUT2D eigenvalue weighted by Crippen LogP contribution is 2.26. The van der Waals surface area contributed by atoms with Gasteiger partial charge in [0.15, 0.2) is 0 Å². The molecule has 0 spiro atoms. The predicted octanol–water partition coefficient (Wildman–Crippen LogP) is 3.37. The number of anilines is 1. The molecule has 0 saturated carbocycles. The number of aryl methyl sites for hydroxylation is 1. The van der Waals surface area contributed by atoms with Crippen LogP contribution in [0.15, 0.2) is 18.2 Å². The van der Waals surface area contributed by atoms with E-state index in [1.54, 1.807) is 0 Å². The number of nitrogens with one attached hydrogen (secondary N) is 1. The van der Waals surface area contributed by atoms with Crippen LogP contribution in [-0.2, 0) is 4.79 Å². The maximum absolute atomic E-state index is 12.7. The Bertz CT molecular complexity index is 608. The van der Waals surface area contributed by atoms with Crippen molar-refractivity contribution in [2.45, 2.75) is 54.0 Å². The number of benzene rings is 1. The van der Waals surface area contributed by atoms with Gasteiger partial charge >= 0.3 is 0 Å². The lowest BCUT2D eigenvalue weighted by Gasteiger charge is -2.44. The van der Waals surface area contributed by atoms with Crippen molar-refractivity contribution >= 4 is 11.6 Å². The average Bonchev–Trinajstić information content (AvgIpc) is 2.54. The average molecular weight is 346 g/mol. The van der Waals surface area contributed by atoms with E-state index in [9.17, 15) is 4.79 Å². The quantitative estimate of drug-likeness (QED) is 0.909. The molecule has 0 atom stereocenters. The summed E-state index contributed by atoms with van der Waals surface area (Å²) in [6.45, 7) is 19.3. The Labute approximate surface area is 153 Å². The van der Waals surface area contributed by atoms with Crippen LogP contribution in [0.3, 0.4) is 0 Å². The van der Waals surface area contributed by atoms with E-state index >= 15 is 0 Å². The number of rotatable bonds is 4. The summed E-state index contributed by atoms with van der Waals surface area (Å²) in [6, 6.07) is 6.50. The number of hydrogen-bond acceptors (Lipinski definition) is 3. The Morgan fingerprint density at radius 1 is 1.04 bits per heavy atom. The summed E-state index contributed by atoms with van der Waals surface area (Å²) >= 11 is 0. The molecule has 0 aromatic heterocycles. The summed E-state index contributed by atoms with van der Waals surface area (Å²) in [5, 5.41) is 3.13. The third-order valence-electron chi connectivity index (χ3n) is 5.32. The number of hydrogen-bond donors (Lipinski definition) is 1. The van der Waals surface area contributed by atoms with Crippen molar-refractivity contribution in [1.82, 2.24) is 10.2 Å². The van der Waals surface area contributed by atoms with Gasteiger partial charge < -0.3 is 10.2 Å². The maximum atomic E-state index is 12.7. The minimum absolute atomic E-state index is 0.104. The van der Waals surface area contributed by atoms with Crippen molar-refractivity contribution in [3.8, 4) is 0 Å². The van der Waals surface area contributed by atoms with Crippen LogP contribution in [-0.4, -0.2) is 49.1 Å². The number of carbonyl (C=O) groups excluding carboxylic acids is 1. The Balaban J connectivity index is 1.98. The zero-order valence-electron chi connectivity index (χ0n) is 17.1. The third-order valence-corrected chi connectivity index (χ3v) is 5.32. The van der Waals surface area contributed by atoms with Crippen molar-refractivity contribution in [2.75, 3.05) is 37.6 Å². The first-order valence-electron chi connectivity index (χ1n) is 9.37. The van der Waals surface area contributed by atoms with E-state index in [0.717, 1.165) is 26.2 Å². The molecule has 0 radical (unpaired) electrons. The third kappa shape index (κ3) is 4.75. The highest BCUT2D eigenvalue weighted by Gasteiger charge is 2.36. The molecule has 1 fully saturated rings. The van der Waals surface area contributed by atoms with Crippen LogP contribution in [0.25, 0.3) is 0 Å². The summed E-state index contributed by atoms with van der Waals surface area (Å²) in [4.78, 5) is 17.5. The van der Waals surface area contributed by atoms with Crippen LogP contribution in [0.2, 0.25) is 0 Å². The van der Waals surface area contributed by atoms with Gasteiger partial charge in [0.1, 0.15) is 0 Å². The van der Waals surface area contributed by atoms with Crippen molar-refractivity contribution in [2.24, 2.45) is 5.41 Å². The van der Waals surface area contributed by atoms with Gasteiger partial charge in [-0.25, -0.2) is 0 Å². The number of piperazine rings is 1. The zero-order valence-corrected chi connectivity index (χ0v) is 17.1. The van der Waals surface area contributed by atoms with E-state index in [2.05, 4.69) is 67.9 Å². The fourth-order valence-electron chi connectivity index (χ4n) is 3.29. The first kappa shape index (κ1) is 19.8. The molecule has 0 bridgehead atoms. The van der Waals surface area contributed by atoms with Gasteiger partial charge in [-0.05, 0) is 50.3 Å². The Hall–Kier alpha value is -1.55. The van der Waals surface area contributed by atoms with Crippen molar-refractivity contribution in [3.63, 3.8) is 0 Å². The first-order valence-corrected chi connectivity index (χ1v) is 9.37. The molecule has 1 N–H and O–H groups in total. The molecule has 0 unspecified atom stereocenters. The van der Waals surface area contributed by atoms with Crippen LogP contribution < -0.4 is 10.2 Å². The predicted molar refractivity (Wildman–Crippen MR) is 106 cm³/mol. The molecule has 4 heteroatoms. The van der Waals surface area contributed by atoms with Crippen LogP contribution in [0, 0.1) is 19.3 Å². The summed E-state index contributed by atoms with van der Waals surface area (Å²) < 4.78 is 0. The van der Waals surface area contributed by atoms with E-state index in [1.807, 2.05) is 13.8 Å². The molecule has 0 aliphatic carbocycles. The van der Waals surface area contributed by atoms with Gasteiger partial charge in [0.25, 0.3) is 0 Å². The SMILES string of the molecule is Cc1cccc(N2CCN(C(C)(C)C(=O)NCC(C)(C)C)CC2)c1C. The fourth-order valence-corrected chi connectivity index (χ4v) is 3.29. The van der Waals surface area contributed by atoms with E-state index in [0.29, 0.717) is 6.54 Å². The van der Waals surface area contributed by atoms with Crippen LogP contribution in [0.4, 0.5) is 5.69 Å². The first-order chi connectivity index (χ1) is 11.5. The molecule has 1 aliphatic rings. The van der Waals surface area contributed by atoms with Crippen LogP contribution in [0.5, 0.6) is 0 Å². The normalized spacial score (nSPS) is 16.8. The van der Waals surface area contributed by atoms with Gasteiger partial charge in [-0.3, -0.25) is 9.69 Å². The lowest BCUT2D eigenvalue weighted by atomic mass is 9.95. The molecule has 1 amide bonds. The summed E-state index contributed by atoms with van der Waals surface area (Å²) in [7, 11) is 0. The molecule has 4 nitrogen and oxygen atoms in total. The van der Waals surface area contributed by atoms with E-state index in [4.69, 9.17) is 0 Å². The molecular formula is C21H35N3O. The van der Waals surface area contributed by atoms with Crippen molar-refractivity contribution in [1.29, 1.82) is 0 Å².